The Morgan fingerprint density at radius 2 is 2.25 bits per heavy atom. The predicted octanol–water partition coefficient (Wildman–Crippen LogP) is -0.314. The number of hydrogen-bond donors (Lipinski definition) is 4. The highest BCUT2D eigenvalue weighted by Gasteiger charge is 2.20. The van der Waals surface area contributed by atoms with E-state index in [1.165, 1.54) is 6.20 Å². The highest BCUT2D eigenvalue weighted by molar-refractivity contribution is 5.94. The molecule has 0 saturated heterocycles. The first-order valence-corrected chi connectivity index (χ1v) is 4.86. The Morgan fingerprint density at radius 1 is 1.56 bits per heavy atom. The first kappa shape index (κ1) is 12.0. The van der Waals surface area contributed by atoms with Gasteiger partial charge in [0.15, 0.2) is 0 Å². The van der Waals surface area contributed by atoms with Crippen LogP contribution in [0.25, 0.3) is 0 Å². The van der Waals surface area contributed by atoms with E-state index >= 15 is 0 Å². The molecule has 7 heteroatoms. The Hall–Kier alpha value is -2.05. The fourth-order valence-electron chi connectivity index (χ4n) is 1.24. The van der Waals surface area contributed by atoms with Gasteiger partial charge in [-0.2, -0.15) is 0 Å². The first-order chi connectivity index (χ1) is 7.54. The molecule has 0 aliphatic rings. The van der Waals surface area contributed by atoms with E-state index in [0.717, 1.165) is 0 Å². The van der Waals surface area contributed by atoms with Gasteiger partial charge < -0.3 is 20.4 Å². The molecular formula is C9H13N3O4. The van der Waals surface area contributed by atoms with Gasteiger partial charge in [-0.25, -0.2) is 9.59 Å². The van der Waals surface area contributed by atoms with Gasteiger partial charge in [-0.15, -0.1) is 0 Å². The Kier molecular flexibility index (Phi) is 3.87. The van der Waals surface area contributed by atoms with Crippen LogP contribution in [0.3, 0.4) is 0 Å². The van der Waals surface area contributed by atoms with Crippen molar-refractivity contribution < 1.29 is 14.7 Å². The summed E-state index contributed by atoms with van der Waals surface area (Å²) in [6.45, 7) is 1.82. The van der Waals surface area contributed by atoms with Gasteiger partial charge in [-0.05, 0) is 6.42 Å². The maximum absolute atomic E-state index is 11.5. The molecule has 0 unspecified atom stereocenters. The Morgan fingerprint density at radius 3 is 2.69 bits per heavy atom. The van der Waals surface area contributed by atoms with Crippen molar-refractivity contribution >= 4 is 11.9 Å². The van der Waals surface area contributed by atoms with Crippen LogP contribution in [0.1, 0.15) is 30.3 Å². The number of aromatic amines is 2. The molecule has 1 amide bonds. The van der Waals surface area contributed by atoms with Crippen LogP contribution >= 0.6 is 0 Å². The summed E-state index contributed by atoms with van der Waals surface area (Å²) in [5.41, 5.74) is -0.486. The van der Waals surface area contributed by atoms with Crippen LogP contribution in [0, 0.1) is 0 Å². The molecule has 0 aromatic carbocycles. The molecule has 0 bridgehead atoms. The summed E-state index contributed by atoms with van der Waals surface area (Å²) in [6.07, 6.45) is 2.18. The second kappa shape index (κ2) is 5.15. The zero-order chi connectivity index (χ0) is 12.1. The standard InChI is InChI=1S/C9H13N3O4/c1-2-3-5(8(14)15)11-7(13)6-4-10-9(16)12-6/h4-5H,2-3H2,1H3,(H,11,13)(H,14,15)(H2,10,12,16)/t5-/m0/s1. The Balaban J connectivity index is 2.68. The molecule has 4 N–H and O–H groups in total. The predicted molar refractivity (Wildman–Crippen MR) is 55.2 cm³/mol. The number of carbonyl (C=O) groups excluding carboxylic acids is 1. The van der Waals surface area contributed by atoms with Crippen LogP contribution in [0.2, 0.25) is 0 Å². The van der Waals surface area contributed by atoms with Crippen molar-refractivity contribution in [3.8, 4) is 0 Å². The number of amides is 1. The summed E-state index contributed by atoms with van der Waals surface area (Å²) in [5, 5.41) is 11.1. The highest BCUT2D eigenvalue weighted by atomic mass is 16.4. The molecule has 0 aliphatic carbocycles. The van der Waals surface area contributed by atoms with E-state index in [2.05, 4.69) is 15.3 Å². The van der Waals surface area contributed by atoms with Crippen LogP contribution in [-0.4, -0.2) is 33.0 Å². The normalized spacial score (nSPS) is 12.1. The van der Waals surface area contributed by atoms with E-state index in [9.17, 15) is 14.4 Å². The lowest BCUT2D eigenvalue weighted by Crippen LogP contribution is -2.40. The summed E-state index contributed by atoms with van der Waals surface area (Å²) in [4.78, 5) is 37.5. The summed E-state index contributed by atoms with van der Waals surface area (Å²) >= 11 is 0. The largest absolute Gasteiger partial charge is 0.480 e. The lowest BCUT2D eigenvalue weighted by atomic mass is 10.1. The SMILES string of the molecule is CCC[C@H](NC(=O)c1c[nH]c(=O)[nH]1)C(=O)O. The minimum Gasteiger partial charge on any atom is -0.480 e. The molecule has 1 atom stereocenters. The Bertz CT molecular complexity index is 434. The number of aliphatic carboxylic acids is 1. The minimum atomic E-state index is -1.09. The van der Waals surface area contributed by atoms with Gasteiger partial charge in [0.25, 0.3) is 5.91 Å². The molecule has 88 valence electrons. The molecule has 1 rings (SSSR count). The van der Waals surface area contributed by atoms with Crippen LogP contribution in [0.15, 0.2) is 11.0 Å². The molecule has 0 aliphatic heterocycles. The van der Waals surface area contributed by atoms with Gasteiger partial charge >= 0.3 is 11.7 Å². The van der Waals surface area contributed by atoms with E-state index in [-0.39, 0.29) is 5.69 Å². The average molecular weight is 227 g/mol. The fraction of sp³-hybridized carbons (Fsp3) is 0.444. The lowest BCUT2D eigenvalue weighted by molar-refractivity contribution is -0.139. The van der Waals surface area contributed by atoms with Crippen LogP contribution in [-0.2, 0) is 4.79 Å². The highest BCUT2D eigenvalue weighted by Crippen LogP contribution is 1.98. The molecular weight excluding hydrogens is 214 g/mol. The molecule has 0 radical (unpaired) electrons. The van der Waals surface area contributed by atoms with E-state index in [1.54, 1.807) is 0 Å². The summed E-state index contributed by atoms with van der Waals surface area (Å²) in [7, 11) is 0. The molecule has 1 aromatic heterocycles. The summed E-state index contributed by atoms with van der Waals surface area (Å²) in [5.74, 6) is -1.70. The van der Waals surface area contributed by atoms with Crippen LogP contribution in [0.5, 0.6) is 0 Å². The van der Waals surface area contributed by atoms with Crippen molar-refractivity contribution in [2.45, 2.75) is 25.8 Å². The van der Waals surface area contributed by atoms with Crippen molar-refractivity contribution in [1.29, 1.82) is 0 Å². The molecule has 0 saturated carbocycles. The van der Waals surface area contributed by atoms with E-state index in [4.69, 9.17) is 5.11 Å². The van der Waals surface area contributed by atoms with E-state index in [1.807, 2.05) is 6.92 Å². The molecule has 1 heterocycles. The number of imidazole rings is 1. The van der Waals surface area contributed by atoms with Crippen LogP contribution < -0.4 is 11.0 Å². The van der Waals surface area contributed by atoms with Gasteiger partial charge in [-0.3, -0.25) is 4.79 Å². The number of aromatic nitrogens is 2. The first-order valence-electron chi connectivity index (χ1n) is 4.86. The quantitative estimate of drug-likeness (QED) is 0.552. The molecule has 0 spiro atoms. The number of carboxylic acid groups (broad SMARTS) is 1. The van der Waals surface area contributed by atoms with Gasteiger partial charge in [-0.1, -0.05) is 13.3 Å². The van der Waals surface area contributed by atoms with Crippen molar-refractivity contribution in [2.75, 3.05) is 0 Å². The Labute approximate surface area is 90.9 Å². The smallest absolute Gasteiger partial charge is 0.326 e. The monoisotopic (exact) mass is 227 g/mol. The van der Waals surface area contributed by atoms with Gasteiger partial charge in [0.1, 0.15) is 11.7 Å². The zero-order valence-corrected chi connectivity index (χ0v) is 8.74. The third-order valence-corrected chi connectivity index (χ3v) is 2.02. The van der Waals surface area contributed by atoms with Gasteiger partial charge in [0.05, 0.1) is 0 Å². The second-order valence-corrected chi connectivity index (χ2v) is 3.31. The summed E-state index contributed by atoms with van der Waals surface area (Å²) in [6, 6.07) is -0.934. The van der Waals surface area contributed by atoms with Crippen LogP contribution in [0.4, 0.5) is 0 Å². The number of carboxylic acids is 1. The minimum absolute atomic E-state index is 0.0207. The average Bonchev–Trinajstić information content (AvgIpc) is 2.64. The second-order valence-electron chi connectivity index (χ2n) is 3.31. The van der Waals surface area contributed by atoms with Crippen molar-refractivity contribution in [1.82, 2.24) is 15.3 Å². The van der Waals surface area contributed by atoms with Gasteiger partial charge in [0.2, 0.25) is 0 Å². The summed E-state index contributed by atoms with van der Waals surface area (Å²) < 4.78 is 0. The molecule has 0 fully saturated rings. The van der Waals surface area contributed by atoms with Crippen molar-refractivity contribution in [3.05, 3.63) is 22.4 Å². The van der Waals surface area contributed by atoms with E-state index < -0.39 is 23.6 Å². The molecule has 16 heavy (non-hydrogen) atoms. The number of carbonyl (C=O) groups is 2. The van der Waals surface area contributed by atoms with Gasteiger partial charge in [0, 0.05) is 6.20 Å². The zero-order valence-electron chi connectivity index (χ0n) is 8.74. The molecule has 1 aromatic rings. The van der Waals surface area contributed by atoms with Crippen molar-refractivity contribution in [3.63, 3.8) is 0 Å². The molecule has 7 nitrogen and oxygen atoms in total. The lowest BCUT2D eigenvalue weighted by Gasteiger charge is -2.12. The van der Waals surface area contributed by atoms with E-state index in [0.29, 0.717) is 12.8 Å². The van der Waals surface area contributed by atoms with Crippen molar-refractivity contribution in [2.24, 2.45) is 0 Å². The maximum Gasteiger partial charge on any atom is 0.326 e. The fourth-order valence-corrected chi connectivity index (χ4v) is 1.24. The topological polar surface area (TPSA) is 115 Å². The number of nitrogens with one attached hydrogen (secondary N) is 3. The number of hydrogen-bond acceptors (Lipinski definition) is 3. The third kappa shape index (κ3) is 2.97. The number of rotatable bonds is 5. The number of H-pyrrole nitrogens is 2. The maximum atomic E-state index is 11.5. The third-order valence-electron chi connectivity index (χ3n) is 2.02.